The van der Waals surface area contributed by atoms with Crippen molar-refractivity contribution in [2.75, 3.05) is 13.1 Å². The molecule has 3 unspecified atom stereocenters. The summed E-state index contributed by atoms with van der Waals surface area (Å²) in [6, 6.07) is 11.8. The maximum atomic E-state index is 13.5. The normalized spacial score (nSPS) is 28.5. The van der Waals surface area contributed by atoms with Gasteiger partial charge in [0, 0.05) is 24.9 Å². The molecule has 0 aliphatic carbocycles. The first kappa shape index (κ1) is 25.8. The van der Waals surface area contributed by atoms with Crippen LogP contribution in [0.5, 0.6) is 0 Å². The number of benzene rings is 2. The van der Waals surface area contributed by atoms with Crippen LogP contribution in [-0.2, 0) is 9.59 Å². The van der Waals surface area contributed by atoms with Gasteiger partial charge in [-0.2, -0.15) is 0 Å². The Kier molecular flexibility index (Phi) is 5.82. The number of aliphatic hydroxyl groups is 2. The third-order valence-electron chi connectivity index (χ3n) is 8.29. The zero-order valence-electron chi connectivity index (χ0n) is 21.7. The van der Waals surface area contributed by atoms with Crippen molar-refractivity contribution in [3.05, 3.63) is 59.7 Å². The number of hydrogen-bond acceptors (Lipinski definition) is 11. The van der Waals surface area contributed by atoms with Crippen molar-refractivity contribution in [2.45, 2.75) is 49.3 Å². The minimum atomic E-state index is -2.64. The molecule has 3 amide bonds. The van der Waals surface area contributed by atoms with Crippen molar-refractivity contribution in [1.29, 1.82) is 0 Å². The zero-order valence-corrected chi connectivity index (χ0v) is 21.7. The number of aliphatic imine (C=N–C) groups is 2. The van der Waals surface area contributed by atoms with Crippen molar-refractivity contribution in [2.24, 2.45) is 21.5 Å². The van der Waals surface area contributed by atoms with E-state index in [1.807, 2.05) is 43.3 Å². The van der Waals surface area contributed by atoms with E-state index < -0.39 is 35.5 Å². The van der Waals surface area contributed by atoms with Crippen LogP contribution >= 0.6 is 0 Å². The summed E-state index contributed by atoms with van der Waals surface area (Å²) in [5.74, 6) is -3.99. The Morgan fingerprint density at radius 1 is 1.07 bits per heavy atom. The molecular formula is C27H30N8O5. The number of carbonyl (C=O) groups is 3. The quantitative estimate of drug-likeness (QED) is 0.193. The lowest BCUT2D eigenvalue weighted by molar-refractivity contribution is -0.230. The first-order chi connectivity index (χ1) is 19.0. The predicted octanol–water partition coefficient (Wildman–Crippen LogP) is -1.41. The number of amides is 3. The maximum Gasteiger partial charge on any atom is 0.252 e. The molecule has 4 heterocycles. The van der Waals surface area contributed by atoms with E-state index in [4.69, 9.17) is 11.5 Å². The van der Waals surface area contributed by atoms with Crippen LogP contribution in [0.1, 0.15) is 28.8 Å². The molecule has 4 aliphatic rings. The highest BCUT2D eigenvalue weighted by Gasteiger charge is 2.73. The smallest absolute Gasteiger partial charge is 0.252 e. The third-order valence-corrected chi connectivity index (χ3v) is 8.29. The Morgan fingerprint density at radius 2 is 1.77 bits per heavy atom. The largest absolute Gasteiger partial charge is 0.370 e. The van der Waals surface area contributed by atoms with Crippen molar-refractivity contribution in [3.63, 3.8) is 0 Å². The molecule has 8 N–H and O–H groups in total. The molecule has 0 saturated carbocycles. The molecule has 6 rings (SSSR count). The maximum absolute atomic E-state index is 13.5. The molecular weight excluding hydrogens is 516 g/mol. The average molecular weight is 547 g/mol. The fourth-order valence-corrected chi connectivity index (χ4v) is 6.30. The molecule has 1 spiro atoms. The van der Waals surface area contributed by atoms with Gasteiger partial charge in [-0.1, -0.05) is 42.5 Å². The van der Waals surface area contributed by atoms with Crippen LogP contribution in [0, 0.1) is 6.92 Å². The van der Waals surface area contributed by atoms with Crippen molar-refractivity contribution in [1.82, 2.24) is 20.4 Å². The number of guanidine groups is 2. The Morgan fingerprint density at radius 3 is 2.48 bits per heavy atom. The molecule has 2 aromatic rings. The topological polar surface area (TPSA) is 199 Å². The zero-order chi connectivity index (χ0) is 28.4. The van der Waals surface area contributed by atoms with E-state index in [0.717, 1.165) is 21.6 Å². The highest BCUT2D eigenvalue weighted by Crippen LogP contribution is 2.45. The van der Waals surface area contributed by atoms with Crippen LogP contribution in [0.2, 0.25) is 0 Å². The van der Waals surface area contributed by atoms with Gasteiger partial charge in [-0.3, -0.25) is 19.3 Å². The van der Waals surface area contributed by atoms with E-state index in [9.17, 15) is 24.6 Å². The Balaban J connectivity index is 1.30. The van der Waals surface area contributed by atoms with Crippen molar-refractivity contribution in [3.8, 4) is 11.1 Å². The van der Waals surface area contributed by atoms with E-state index >= 15 is 0 Å². The molecule has 40 heavy (non-hydrogen) atoms. The van der Waals surface area contributed by atoms with Crippen LogP contribution in [0.3, 0.4) is 0 Å². The van der Waals surface area contributed by atoms with E-state index in [-0.39, 0.29) is 49.7 Å². The monoisotopic (exact) mass is 546 g/mol. The second kappa shape index (κ2) is 9.03. The third kappa shape index (κ3) is 3.65. The van der Waals surface area contributed by atoms with Gasteiger partial charge in [0.2, 0.25) is 17.6 Å². The molecule has 2 saturated heterocycles. The van der Waals surface area contributed by atoms with Crippen LogP contribution in [-0.4, -0.2) is 92.3 Å². The van der Waals surface area contributed by atoms with Gasteiger partial charge in [-0.25, -0.2) is 9.98 Å². The molecule has 2 fully saturated rings. The van der Waals surface area contributed by atoms with Crippen LogP contribution < -0.4 is 22.1 Å². The summed E-state index contributed by atoms with van der Waals surface area (Å²) in [5.41, 5.74) is 13.5. The van der Waals surface area contributed by atoms with E-state index in [1.165, 1.54) is 4.90 Å². The number of imide groups is 1. The lowest BCUT2D eigenvalue weighted by atomic mass is 9.84. The summed E-state index contributed by atoms with van der Waals surface area (Å²) in [7, 11) is 0. The number of nitrogens with one attached hydrogen (secondary N) is 2. The number of rotatable bonds is 5. The molecule has 4 atom stereocenters. The first-order valence-electron chi connectivity index (χ1n) is 13.0. The highest BCUT2D eigenvalue weighted by molar-refractivity contribution is 6.02. The molecule has 208 valence electrons. The van der Waals surface area contributed by atoms with Crippen LogP contribution in [0.15, 0.2) is 58.5 Å². The lowest BCUT2D eigenvalue weighted by Gasteiger charge is -2.49. The summed E-state index contributed by atoms with van der Waals surface area (Å²) < 4.78 is 0. The highest BCUT2D eigenvalue weighted by atomic mass is 16.5. The summed E-state index contributed by atoms with van der Waals surface area (Å²) >= 11 is 0. The summed E-state index contributed by atoms with van der Waals surface area (Å²) in [5, 5.41) is 29.0. The van der Waals surface area contributed by atoms with E-state index in [0.29, 0.717) is 5.56 Å². The van der Waals surface area contributed by atoms with Gasteiger partial charge in [-0.15, -0.1) is 0 Å². The molecule has 0 bridgehead atoms. The van der Waals surface area contributed by atoms with Gasteiger partial charge in [0.1, 0.15) is 12.1 Å². The number of carbonyl (C=O) groups excluding carboxylic acids is 3. The molecule has 13 nitrogen and oxygen atoms in total. The number of hydrogen-bond donors (Lipinski definition) is 6. The fourth-order valence-electron chi connectivity index (χ4n) is 6.30. The average Bonchev–Trinajstić information content (AvgIpc) is 3.52. The van der Waals surface area contributed by atoms with Gasteiger partial charge >= 0.3 is 0 Å². The Hall–Kier alpha value is -4.49. The van der Waals surface area contributed by atoms with Gasteiger partial charge in [0.05, 0.1) is 12.6 Å². The van der Waals surface area contributed by atoms with Crippen molar-refractivity contribution < 1.29 is 24.6 Å². The van der Waals surface area contributed by atoms with E-state index in [2.05, 4.69) is 20.6 Å². The molecule has 0 aromatic heterocycles. The number of nitrogens with zero attached hydrogens (tertiary/aromatic N) is 4. The Labute approximate surface area is 229 Å². The van der Waals surface area contributed by atoms with Gasteiger partial charge < -0.3 is 37.2 Å². The predicted molar refractivity (Wildman–Crippen MR) is 144 cm³/mol. The summed E-state index contributed by atoms with van der Waals surface area (Å²) in [4.78, 5) is 49.5. The standard InChI is InChI=1S/C27H30N8O5/c1-14-16(15-6-3-2-4-7-15)8-5-9-17(14)23(38)31-19-13-35-25(29)30-18(12-34-20(36)10-11-21(34)37)22-26(35,27(19,39)40)33-24(28)32-22/h2-9,18-19,22,39-40H,10-13H2,1H3,(H2,29,30)(H,31,38)(H3,28,32,33)/t18-,19?,22?,26?/m0/s1. The summed E-state index contributed by atoms with van der Waals surface area (Å²) in [6.45, 7) is 1.57. The number of likely N-dealkylation sites (tertiary alicyclic amines) is 1. The van der Waals surface area contributed by atoms with Gasteiger partial charge in [0.25, 0.3) is 5.91 Å². The minimum Gasteiger partial charge on any atom is -0.370 e. The van der Waals surface area contributed by atoms with Crippen LogP contribution in [0.4, 0.5) is 0 Å². The fraction of sp³-hybridized carbons (Fsp3) is 0.370. The Bertz CT molecular complexity index is 1460. The first-order valence-corrected chi connectivity index (χ1v) is 13.0. The molecule has 2 aromatic carbocycles. The molecule has 0 radical (unpaired) electrons. The lowest BCUT2D eigenvalue weighted by Crippen LogP contribution is -2.78. The summed E-state index contributed by atoms with van der Waals surface area (Å²) in [6.07, 6.45) is 0.193. The second-order valence-electron chi connectivity index (χ2n) is 10.5. The van der Waals surface area contributed by atoms with Gasteiger partial charge in [-0.05, 0) is 29.7 Å². The van der Waals surface area contributed by atoms with Crippen molar-refractivity contribution >= 4 is 29.6 Å². The minimum absolute atomic E-state index is 0.0655. The van der Waals surface area contributed by atoms with Gasteiger partial charge in [0.15, 0.2) is 17.6 Å². The SMILES string of the molecule is Cc1c(C(=O)NC2CN3C(N)=N[C@@H](CN4C(=O)CCC4=O)C4N=C(N)NC43C2(O)O)cccc1-c1ccccc1. The number of nitrogens with two attached hydrogens (primary N) is 2. The van der Waals surface area contributed by atoms with E-state index in [1.54, 1.807) is 12.1 Å². The second-order valence-corrected chi connectivity index (χ2v) is 10.5. The molecule has 13 heteroatoms. The molecule has 4 aliphatic heterocycles. The van der Waals surface area contributed by atoms with Crippen LogP contribution in [0.25, 0.3) is 11.1 Å².